The Labute approximate surface area is 105 Å². The highest BCUT2D eigenvalue weighted by molar-refractivity contribution is 5.63. The molecule has 1 aliphatic carbocycles. The minimum Gasteiger partial charge on any atom is -0.395 e. The van der Waals surface area contributed by atoms with Crippen LogP contribution in [-0.4, -0.2) is 21.9 Å². The van der Waals surface area contributed by atoms with Gasteiger partial charge in [-0.2, -0.15) is 4.98 Å². The number of aromatic nitrogens is 2. The lowest BCUT2D eigenvalue weighted by Crippen LogP contribution is -2.13. The molecule has 3 N–H and O–H groups in total. The van der Waals surface area contributed by atoms with Crippen LogP contribution in [0.15, 0.2) is 28.8 Å². The molecule has 1 aromatic carbocycles. The highest BCUT2D eigenvalue weighted by Gasteiger charge is 2.45. The number of benzene rings is 1. The summed E-state index contributed by atoms with van der Waals surface area (Å²) in [6, 6.07) is 7.89. The number of rotatable bonds is 4. The molecule has 0 aliphatic heterocycles. The van der Waals surface area contributed by atoms with Crippen LogP contribution in [0.25, 0.3) is 11.4 Å². The van der Waals surface area contributed by atoms with Crippen molar-refractivity contribution in [2.75, 3.05) is 6.61 Å². The number of nitrogens with two attached hydrogens (primary N) is 1. The molecule has 0 atom stereocenters. The van der Waals surface area contributed by atoms with Gasteiger partial charge in [-0.1, -0.05) is 29.4 Å². The third-order valence-corrected chi connectivity index (χ3v) is 3.54. The van der Waals surface area contributed by atoms with Gasteiger partial charge >= 0.3 is 0 Å². The maximum absolute atomic E-state index is 9.55. The van der Waals surface area contributed by atoms with E-state index in [-0.39, 0.29) is 18.6 Å². The highest BCUT2D eigenvalue weighted by Crippen LogP contribution is 2.50. The topological polar surface area (TPSA) is 85.2 Å². The second kappa shape index (κ2) is 4.19. The molecule has 1 aromatic heterocycles. The molecule has 5 nitrogen and oxygen atoms in total. The molecule has 0 bridgehead atoms. The lowest BCUT2D eigenvalue weighted by atomic mass is 9.92. The van der Waals surface area contributed by atoms with Crippen LogP contribution in [0.1, 0.15) is 24.3 Å². The van der Waals surface area contributed by atoms with Crippen molar-refractivity contribution in [3.8, 4) is 11.4 Å². The molecule has 1 aliphatic rings. The molecule has 5 heteroatoms. The summed E-state index contributed by atoms with van der Waals surface area (Å²) in [6.07, 6.45) is 2.00. The van der Waals surface area contributed by atoms with Gasteiger partial charge in [0.2, 0.25) is 11.7 Å². The van der Waals surface area contributed by atoms with E-state index in [1.54, 1.807) is 0 Å². The Bertz CT molecular complexity index is 561. The van der Waals surface area contributed by atoms with Crippen molar-refractivity contribution in [2.24, 2.45) is 5.73 Å². The summed E-state index contributed by atoms with van der Waals surface area (Å²) >= 11 is 0. The van der Waals surface area contributed by atoms with Crippen molar-refractivity contribution in [3.05, 3.63) is 35.7 Å². The lowest BCUT2D eigenvalue weighted by Gasteiger charge is -2.15. The Kier molecular flexibility index (Phi) is 2.65. The van der Waals surface area contributed by atoms with Crippen molar-refractivity contribution in [1.29, 1.82) is 0 Å². The highest BCUT2D eigenvalue weighted by atomic mass is 16.5. The van der Waals surface area contributed by atoms with Gasteiger partial charge in [-0.25, -0.2) is 0 Å². The first kappa shape index (κ1) is 11.4. The zero-order valence-corrected chi connectivity index (χ0v) is 9.97. The van der Waals surface area contributed by atoms with Crippen LogP contribution in [0.4, 0.5) is 0 Å². The second-order valence-corrected chi connectivity index (χ2v) is 4.70. The quantitative estimate of drug-likeness (QED) is 0.846. The minimum atomic E-state index is -0.111. The summed E-state index contributed by atoms with van der Waals surface area (Å²) in [7, 11) is 0. The van der Waals surface area contributed by atoms with Gasteiger partial charge < -0.3 is 15.4 Å². The third-order valence-electron chi connectivity index (χ3n) is 3.54. The van der Waals surface area contributed by atoms with E-state index in [0.717, 1.165) is 24.0 Å². The molecule has 2 aromatic rings. The SMILES string of the molecule is NCc1nc(-c2ccccc2C2(CO)CC2)no1. The van der Waals surface area contributed by atoms with E-state index < -0.39 is 0 Å². The zero-order chi connectivity index (χ0) is 12.6. The van der Waals surface area contributed by atoms with Crippen LogP contribution in [0.3, 0.4) is 0 Å². The number of hydrogen-bond donors (Lipinski definition) is 2. The molecule has 0 spiro atoms. The number of nitrogens with zero attached hydrogens (tertiary/aromatic N) is 2. The molecule has 0 unspecified atom stereocenters. The fourth-order valence-electron chi connectivity index (χ4n) is 2.25. The number of hydrogen-bond acceptors (Lipinski definition) is 5. The molecule has 3 rings (SSSR count). The molecule has 94 valence electrons. The standard InChI is InChI=1S/C13H15N3O2/c14-7-11-15-12(16-18-11)9-3-1-2-4-10(9)13(8-17)5-6-13/h1-4,17H,5-8,14H2. The van der Waals surface area contributed by atoms with Crippen LogP contribution in [-0.2, 0) is 12.0 Å². The van der Waals surface area contributed by atoms with E-state index >= 15 is 0 Å². The van der Waals surface area contributed by atoms with E-state index in [1.165, 1.54) is 0 Å². The van der Waals surface area contributed by atoms with Crippen LogP contribution in [0.2, 0.25) is 0 Å². The molecule has 0 radical (unpaired) electrons. The van der Waals surface area contributed by atoms with Crippen LogP contribution < -0.4 is 5.73 Å². The normalized spacial score (nSPS) is 16.8. The van der Waals surface area contributed by atoms with Crippen molar-refractivity contribution in [2.45, 2.75) is 24.8 Å². The van der Waals surface area contributed by atoms with Crippen molar-refractivity contribution >= 4 is 0 Å². The van der Waals surface area contributed by atoms with E-state index in [9.17, 15) is 5.11 Å². The van der Waals surface area contributed by atoms with Crippen LogP contribution >= 0.6 is 0 Å². The monoisotopic (exact) mass is 245 g/mol. The lowest BCUT2D eigenvalue weighted by molar-refractivity contribution is 0.255. The Hall–Kier alpha value is -1.72. The van der Waals surface area contributed by atoms with Gasteiger partial charge in [0.25, 0.3) is 0 Å². The second-order valence-electron chi connectivity index (χ2n) is 4.70. The van der Waals surface area contributed by atoms with E-state index in [2.05, 4.69) is 10.1 Å². The predicted molar refractivity (Wildman–Crippen MR) is 65.6 cm³/mol. The molecule has 1 fully saturated rings. The summed E-state index contributed by atoms with van der Waals surface area (Å²) in [4.78, 5) is 4.25. The average Bonchev–Trinajstić information content (AvgIpc) is 3.08. The third kappa shape index (κ3) is 1.72. The molecule has 0 amide bonds. The van der Waals surface area contributed by atoms with E-state index in [1.807, 2.05) is 24.3 Å². The van der Waals surface area contributed by atoms with E-state index in [0.29, 0.717) is 11.7 Å². The maximum atomic E-state index is 9.55. The summed E-state index contributed by atoms with van der Waals surface area (Å²) in [6.45, 7) is 0.395. The Balaban J connectivity index is 2.06. The van der Waals surface area contributed by atoms with Crippen LogP contribution in [0, 0.1) is 0 Å². The first-order valence-electron chi connectivity index (χ1n) is 6.02. The van der Waals surface area contributed by atoms with Gasteiger partial charge in [-0.05, 0) is 18.4 Å². The van der Waals surface area contributed by atoms with Crippen LogP contribution in [0.5, 0.6) is 0 Å². The van der Waals surface area contributed by atoms with Crippen molar-refractivity contribution in [3.63, 3.8) is 0 Å². The first-order chi connectivity index (χ1) is 8.79. The van der Waals surface area contributed by atoms with Crippen molar-refractivity contribution < 1.29 is 9.63 Å². The fraction of sp³-hybridized carbons (Fsp3) is 0.385. The largest absolute Gasteiger partial charge is 0.395 e. The average molecular weight is 245 g/mol. The summed E-state index contributed by atoms with van der Waals surface area (Å²) < 4.78 is 5.04. The predicted octanol–water partition coefficient (Wildman–Crippen LogP) is 1.22. The van der Waals surface area contributed by atoms with Crippen molar-refractivity contribution in [1.82, 2.24) is 10.1 Å². The zero-order valence-electron chi connectivity index (χ0n) is 9.97. The summed E-state index contributed by atoms with van der Waals surface area (Å²) in [5, 5.41) is 13.5. The van der Waals surface area contributed by atoms with E-state index in [4.69, 9.17) is 10.3 Å². The summed E-state index contributed by atoms with van der Waals surface area (Å²) in [5.74, 6) is 0.972. The maximum Gasteiger partial charge on any atom is 0.240 e. The molecule has 18 heavy (non-hydrogen) atoms. The first-order valence-corrected chi connectivity index (χ1v) is 6.02. The Morgan fingerprint density at radius 2 is 2.11 bits per heavy atom. The fourth-order valence-corrected chi connectivity index (χ4v) is 2.25. The summed E-state index contributed by atoms with van der Waals surface area (Å²) in [5.41, 5.74) is 7.37. The Morgan fingerprint density at radius 1 is 1.33 bits per heavy atom. The van der Waals surface area contributed by atoms with Gasteiger partial charge in [0, 0.05) is 11.0 Å². The van der Waals surface area contributed by atoms with Gasteiger partial charge in [-0.15, -0.1) is 0 Å². The molecular formula is C13H15N3O2. The smallest absolute Gasteiger partial charge is 0.240 e. The van der Waals surface area contributed by atoms with Gasteiger partial charge in [0.05, 0.1) is 13.2 Å². The number of aliphatic hydroxyl groups is 1. The Morgan fingerprint density at radius 3 is 2.72 bits per heavy atom. The molecule has 1 saturated carbocycles. The van der Waals surface area contributed by atoms with Gasteiger partial charge in [-0.3, -0.25) is 0 Å². The number of aliphatic hydroxyl groups excluding tert-OH is 1. The molecule has 0 saturated heterocycles. The molecular weight excluding hydrogens is 230 g/mol. The minimum absolute atomic E-state index is 0.111. The van der Waals surface area contributed by atoms with Gasteiger partial charge in [0.15, 0.2) is 0 Å². The van der Waals surface area contributed by atoms with Gasteiger partial charge in [0.1, 0.15) is 0 Å². The molecule has 1 heterocycles.